The predicted molar refractivity (Wildman–Crippen MR) is 107 cm³/mol. The van der Waals surface area contributed by atoms with Gasteiger partial charge in [0.25, 0.3) is 5.91 Å². The highest BCUT2D eigenvalue weighted by Crippen LogP contribution is 2.22. The number of nitrogens with zero attached hydrogens (tertiary/aromatic N) is 1. The van der Waals surface area contributed by atoms with Crippen LogP contribution in [0.25, 0.3) is 0 Å². The van der Waals surface area contributed by atoms with Gasteiger partial charge >= 0.3 is 0 Å². The highest BCUT2D eigenvalue weighted by molar-refractivity contribution is 7.99. The highest BCUT2D eigenvalue weighted by Gasteiger charge is 2.22. The van der Waals surface area contributed by atoms with E-state index in [1.807, 2.05) is 53.5 Å². The van der Waals surface area contributed by atoms with Gasteiger partial charge in [0.05, 0.1) is 0 Å². The number of thioether (sulfide) groups is 2. The van der Waals surface area contributed by atoms with Crippen LogP contribution in [0.1, 0.15) is 22.3 Å². The Labute approximate surface area is 157 Å². The van der Waals surface area contributed by atoms with Crippen molar-refractivity contribution in [2.45, 2.75) is 19.4 Å². The largest absolute Gasteiger partial charge is 0.337 e. The number of carbonyl (C=O) groups excluding carboxylic acids is 2. The maximum atomic E-state index is 12.8. The van der Waals surface area contributed by atoms with Crippen molar-refractivity contribution in [1.29, 1.82) is 0 Å². The van der Waals surface area contributed by atoms with Crippen molar-refractivity contribution in [1.82, 2.24) is 10.2 Å². The summed E-state index contributed by atoms with van der Waals surface area (Å²) in [4.78, 5) is 27.0. The first-order valence-corrected chi connectivity index (χ1v) is 11.0. The van der Waals surface area contributed by atoms with Crippen molar-refractivity contribution < 1.29 is 9.59 Å². The molecule has 2 saturated heterocycles. The summed E-state index contributed by atoms with van der Waals surface area (Å²) < 4.78 is 0. The Morgan fingerprint density at radius 2 is 2.04 bits per heavy atom. The van der Waals surface area contributed by atoms with Crippen LogP contribution in [0.2, 0.25) is 0 Å². The zero-order chi connectivity index (χ0) is 17.6. The first kappa shape index (κ1) is 18.6. The number of nitrogens with one attached hydrogen (secondary N) is 2. The van der Waals surface area contributed by atoms with Gasteiger partial charge in [-0.15, -0.1) is 0 Å². The normalized spacial score (nSPS) is 21.0. The number of rotatable bonds is 4. The second-order valence-corrected chi connectivity index (χ2v) is 8.74. The Kier molecular flexibility index (Phi) is 6.67. The van der Waals surface area contributed by atoms with Crippen LogP contribution in [0.3, 0.4) is 0 Å². The molecule has 136 valence electrons. The molecule has 2 fully saturated rings. The molecule has 1 aromatic rings. The van der Waals surface area contributed by atoms with Gasteiger partial charge in [0.15, 0.2) is 0 Å². The van der Waals surface area contributed by atoms with Crippen molar-refractivity contribution in [2.24, 2.45) is 0 Å². The lowest BCUT2D eigenvalue weighted by atomic mass is 10.0. The molecular formula is C18H25N3O2S2. The highest BCUT2D eigenvalue weighted by atomic mass is 32.2. The molecule has 2 amide bonds. The van der Waals surface area contributed by atoms with Crippen LogP contribution in [0, 0.1) is 6.92 Å². The third kappa shape index (κ3) is 4.92. The fraction of sp³-hybridized carbons (Fsp3) is 0.556. The lowest BCUT2D eigenvalue weighted by Gasteiger charge is -2.27. The predicted octanol–water partition coefficient (Wildman–Crippen LogP) is 2.22. The molecule has 0 bridgehead atoms. The van der Waals surface area contributed by atoms with E-state index in [1.165, 1.54) is 0 Å². The topological polar surface area (TPSA) is 61.4 Å². The van der Waals surface area contributed by atoms with Crippen LogP contribution in [0.4, 0.5) is 5.69 Å². The zero-order valence-corrected chi connectivity index (χ0v) is 16.2. The fourth-order valence-corrected chi connectivity index (χ4v) is 4.97. The molecule has 0 spiro atoms. The maximum Gasteiger partial charge on any atom is 0.254 e. The molecule has 0 saturated carbocycles. The quantitative estimate of drug-likeness (QED) is 0.840. The van der Waals surface area contributed by atoms with Crippen LogP contribution in [-0.2, 0) is 4.79 Å². The molecule has 0 aliphatic carbocycles. The van der Waals surface area contributed by atoms with Crippen molar-refractivity contribution in [3.05, 3.63) is 29.3 Å². The van der Waals surface area contributed by atoms with E-state index in [2.05, 4.69) is 10.6 Å². The minimum Gasteiger partial charge on any atom is -0.337 e. The molecule has 2 aliphatic heterocycles. The number of hydrogen-bond acceptors (Lipinski definition) is 5. The smallest absolute Gasteiger partial charge is 0.254 e. The summed E-state index contributed by atoms with van der Waals surface area (Å²) in [5.41, 5.74) is 2.28. The average Bonchev–Trinajstić information content (AvgIpc) is 2.64. The van der Waals surface area contributed by atoms with E-state index in [-0.39, 0.29) is 17.9 Å². The van der Waals surface area contributed by atoms with Gasteiger partial charge in [-0.25, -0.2) is 0 Å². The van der Waals surface area contributed by atoms with E-state index in [9.17, 15) is 9.59 Å². The summed E-state index contributed by atoms with van der Waals surface area (Å²) in [6.45, 7) is 4.46. The van der Waals surface area contributed by atoms with Gasteiger partial charge in [0.2, 0.25) is 5.91 Å². The van der Waals surface area contributed by atoms with E-state index >= 15 is 0 Å². The molecule has 2 heterocycles. The van der Waals surface area contributed by atoms with Crippen LogP contribution < -0.4 is 10.6 Å². The van der Waals surface area contributed by atoms with Gasteiger partial charge in [-0.3, -0.25) is 9.59 Å². The number of anilines is 1. The molecular weight excluding hydrogens is 354 g/mol. The van der Waals surface area contributed by atoms with E-state index in [1.54, 1.807) is 0 Å². The monoisotopic (exact) mass is 379 g/mol. The van der Waals surface area contributed by atoms with E-state index in [0.29, 0.717) is 12.0 Å². The van der Waals surface area contributed by atoms with Crippen molar-refractivity contribution in [2.75, 3.05) is 48.0 Å². The van der Waals surface area contributed by atoms with Crippen molar-refractivity contribution >= 4 is 41.0 Å². The van der Waals surface area contributed by atoms with E-state index < -0.39 is 0 Å². The molecule has 7 heteroatoms. The number of benzene rings is 1. The zero-order valence-electron chi connectivity index (χ0n) is 14.5. The summed E-state index contributed by atoms with van der Waals surface area (Å²) in [5, 5.41) is 6.37. The van der Waals surface area contributed by atoms with Gasteiger partial charge < -0.3 is 15.5 Å². The molecule has 1 atom stereocenters. The Hall–Kier alpha value is -1.18. The molecule has 5 nitrogen and oxygen atoms in total. The lowest BCUT2D eigenvalue weighted by Crippen LogP contribution is -2.40. The molecule has 0 aromatic heterocycles. The summed E-state index contributed by atoms with van der Waals surface area (Å²) >= 11 is 3.77. The molecule has 3 rings (SSSR count). The van der Waals surface area contributed by atoms with Crippen LogP contribution in [-0.4, -0.2) is 65.4 Å². The average molecular weight is 380 g/mol. The second-order valence-electron chi connectivity index (χ2n) is 6.36. The molecule has 2 aliphatic rings. The molecule has 25 heavy (non-hydrogen) atoms. The van der Waals surface area contributed by atoms with Gasteiger partial charge in [-0.1, -0.05) is 6.07 Å². The summed E-state index contributed by atoms with van der Waals surface area (Å²) in [6.07, 6.45) is 0.466. The summed E-state index contributed by atoms with van der Waals surface area (Å²) in [7, 11) is 0. The standard InChI is InChI=1S/C18H25N3O2S2/c1-13-15(18(23)21-6-9-24-10-7-21)3-2-4-16(13)20-17(22)11-14-12-25-8-5-19-14/h2-4,14,19H,5-12H2,1H3,(H,20,22). The van der Waals surface area contributed by atoms with Crippen LogP contribution in [0.5, 0.6) is 0 Å². The molecule has 2 N–H and O–H groups in total. The van der Waals surface area contributed by atoms with E-state index in [0.717, 1.165) is 53.9 Å². The summed E-state index contributed by atoms with van der Waals surface area (Å²) in [5.74, 6) is 4.14. The van der Waals surface area contributed by atoms with Gasteiger partial charge in [-0.05, 0) is 24.6 Å². The lowest BCUT2D eigenvalue weighted by molar-refractivity contribution is -0.116. The Balaban J connectivity index is 1.65. The van der Waals surface area contributed by atoms with Crippen LogP contribution >= 0.6 is 23.5 Å². The Morgan fingerprint density at radius 1 is 1.24 bits per heavy atom. The first-order chi connectivity index (χ1) is 12.1. The molecule has 1 unspecified atom stereocenters. The third-order valence-corrected chi connectivity index (χ3v) is 6.64. The second kappa shape index (κ2) is 8.96. The van der Waals surface area contributed by atoms with Crippen LogP contribution in [0.15, 0.2) is 18.2 Å². The number of amides is 2. The molecule has 0 radical (unpaired) electrons. The first-order valence-electron chi connectivity index (χ1n) is 8.73. The molecule has 1 aromatic carbocycles. The van der Waals surface area contributed by atoms with Gasteiger partial charge in [-0.2, -0.15) is 23.5 Å². The van der Waals surface area contributed by atoms with Crippen molar-refractivity contribution in [3.63, 3.8) is 0 Å². The number of carbonyl (C=O) groups is 2. The minimum absolute atomic E-state index is 0.00192. The fourth-order valence-electron chi connectivity index (χ4n) is 3.12. The third-order valence-electron chi connectivity index (χ3n) is 4.57. The number of hydrogen-bond donors (Lipinski definition) is 2. The SMILES string of the molecule is Cc1c(NC(=O)CC2CSCCN2)cccc1C(=O)N1CCSCC1. The minimum atomic E-state index is 0.00192. The van der Waals surface area contributed by atoms with Crippen molar-refractivity contribution in [3.8, 4) is 0 Å². The van der Waals surface area contributed by atoms with Gasteiger partial charge in [0.1, 0.15) is 0 Å². The van der Waals surface area contributed by atoms with E-state index in [4.69, 9.17) is 0 Å². The maximum absolute atomic E-state index is 12.8. The van der Waals surface area contributed by atoms with Gasteiger partial charge in [0, 0.05) is 66.4 Å². The summed E-state index contributed by atoms with van der Waals surface area (Å²) in [6, 6.07) is 5.81. The Morgan fingerprint density at radius 3 is 2.76 bits per heavy atom. The Bertz CT molecular complexity index is 627.